The van der Waals surface area contributed by atoms with Gasteiger partial charge >= 0.3 is 0 Å². The van der Waals surface area contributed by atoms with Crippen molar-refractivity contribution in [2.75, 3.05) is 0 Å². The van der Waals surface area contributed by atoms with Crippen molar-refractivity contribution < 1.29 is 0 Å². The monoisotopic (exact) mass is 510 g/mol. The lowest BCUT2D eigenvalue weighted by Crippen LogP contribution is -1.95. The largest absolute Gasteiger partial charge is 0.308 e. The number of para-hydroxylation sites is 1. The molecule has 0 amide bonds. The van der Waals surface area contributed by atoms with E-state index in [-0.39, 0.29) is 0 Å². The van der Waals surface area contributed by atoms with Crippen LogP contribution in [0, 0.1) is 0 Å². The van der Waals surface area contributed by atoms with Crippen molar-refractivity contribution in [3.63, 3.8) is 0 Å². The van der Waals surface area contributed by atoms with Gasteiger partial charge in [-0.25, -0.2) is 0 Å². The van der Waals surface area contributed by atoms with Gasteiger partial charge in [-0.05, 0) is 49.3 Å². The van der Waals surface area contributed by atoms with E-state index in [0.717, 1.165) is 17.8 Å². The van der Waals surface area contributed by atoms with Gasteiger partial charge in [0, 0.05) is 37.7 Å². The van der Waals surface area contributed by atoms with Crippen LogP contribution in [0.4, 0.5) is 0 Å². The van der Waals surface area contributed by atoms with Crippen LogP contribution in [0.1, 0.15) is 25.8 Å². The molecule has 2 nitrogen and oxygen atoms in total. The zero-order valence-corrected chi connectivity index (χ0v) is 22.6. The number of allylic oxidation sites excluding steroid dienone is 6. The van der Waals surface area contributed by atoms with Crippen LogP contribution in [-0.2, 0) is 6.54 Å². The number of aromatic nitrogens is 1. The third-order valence-corrected chi connectivity index (χ3v) is 8.19. The van der Waals surface area contributed by atoms with Crippen LogP contribution in [0.2, 0.25) is 0 Å². The zero-order chi connectivity index (χ0) is 25.9. The molecule has 6 rings (SSSR count). The van der Waals surface area contributed by atoms with E-state index in [2.05, 4.69) is 134 Å². The molecule has 0 aliphatic rings. The van der Waals surface area contributed by atoms with Gasteiger partial charge < -0.3 is 4.57 Å². The Labute approximate surface area is 227 Å². The van der Waals surface area contributed by atoms with Crippen LogP contribution in [-0.4, -0.2) is 10.3 Å². The molecular formula is C35H30N2S. The molecule has 0 N–H and O–H groups in total. The molecule has 0 saturated carbocycles. The fourth-order valence-electron chi connectivity index (χ4n) is 5.19. The summed E-state index contributed by atoms with van der Waals surface area (Å²) in [6.45, 7) is 4.95. The summed E-state index contributed by atoms with van der Waals surface area (Å²) in [7, 11) is 0. The molecule has 38 heavy (non-hydrogen) atoms. The van der Waals surface area contributed by atoms with Gasteiger partial charge in [-0.15, -0.1) is 11.3 Å². The molecule has 0 saturated heterocycles. The van der Waals surface area contributed by atoms with Crippen LogP contribution in [0.25, 0.3) is 47.7 Å². The minimum atomic E-state index is 0.705. The molecule has 0 spiro atoms. The lowest BCUT2D eigenvalue weighted by Gasteiger charge is -2.09. The Bertz CT molecular complexity index is 1880. The van der Waals surface area contributed by atoms with Crippen molar-refractivity contribution >= 4 is 64.7 Å². The van der Waals surface area contributed by atoms with E-state index in [9.17, 15) is 0 Å². The number of nitrogens with zero attached hydrogens (tertiary/aromatic N) is 2. The summed E-state index contributed by atoms with van der Waals surface area (Å²) in [6, 6.07) is 32.5. The van der Waals surface area contributed by atoms with Crippen LogP contribution in [0.15, 0.2) is 126 Å². The predicted octanol–water partition coefficient (Wildman–Crippen LogP) is 10.2. The van der Waals surface area contributed by atoms with E-state index < -0.39 is 0 Å². The Morgan fingerprint density at radius 2 is 1.53 bits per heavy atom. The van der Waals surface area contributed by atoms with Crippen LogP contribution in [0.5, 0.6) is 0 Å². The summed E-state index contributed by atoms with van der Waals surface area (Å²) in [5, 5.41) is 5.21. The maximum Gasteiger partial charge on any atom is 0.0719 e. The first-order chi connectivity index (χ1) is 18.8. The summed E-state index contributed by atoms with van der Waals surface area (Å²) in [6.07, 6.45) is 11.7. The van der Waals surface area contributed by atoms with Crippen molar-refractivity contribution in [1.29, 1.82) is 0 Å². The van der Waals surface area contributed by atoms with Gasteiger partial charge in [0.2, 0.25) is 0 Å². The number of thiophene rings is 1. The molecule has 3 heteroatoms. The first-order valence-electron chi connectivity index (χ1n) is 13.2. The number of benzene rings is 4. The second-order valence-corrected chi connectivity index (χ2v) is 10.4. The second-order valence-electron chi connectivity index (χ2n) is 9.39. The Morgan fingerprint density at radius 1 is 0.789 bits per heavy atom. The van der Waals surface area contributed by atoms with E-state index in [1.165, 1.54) is 47.5 Å². The minimum Gasteiger partial charge on any atom is -0.308 e. The number of hydrogen-bond acceptors (Lipinski definition) is 2. The normalized spacial score (nSPS) is 13.3. The molecule has 0 fully saturated rings. The average molecular weight is 511 g/mol. The topological polar surface area (TPSA) is 17.3 Å². The van der Waals surface area contributed by atoms with E-state index in [4.69, 9.17) is 4.99 Å². The Balaban J connectivity index is 1.51. The number of rotatable bonds is 7. The summed E-state index contributed by atoms with van der Waals surface area (Å²) in [5.41, 5.74) is 5.96. The highest BCUT2D eigenvalue weighted by Crippen LogP contribution is 2.42. The third-order valence-electron chi connectivity index (χ3n) is 7.00. The second kappa shape index (κ2) is 10.6. The van der Waals surface area contributed by atoms with Gasteiger partial charge in [0.1, 0.15) is 0 Å². The highest BCUT2D eigenvalue weighted by atomic mass is 32.1. The first-order valence-corrected chi connectivity index (χ1v) is 14.0. The molecule has 0 unspecified atom stereocenters. The standard InChI is InChI=1S/C35H30N2S/c1-3-13-27(17-12-16-26(4-2)36-24-25-14-6-5-7-15-25)37-32-20-10-8-18-28(32)30-22-23-31-29-19-9-11-21-33(29)38-35(31)34(30)37/h3,5-23H,4,24H2,1-2H3/b13-3-,16-12+,27-17+,36-26?. The number of fused-ring (bicyclic) bond motifs is 7. The third kappa shape index (κ3) is 4.40. The summed E-state index contributed by atoms with van der Waals surface area (Å²) in [4.78, 5) is 4.86. The fourth-order valence-corrected chi connectivity index (χ4v) is 6.43. The van der Waals surface area contributed by atoms with Crippen LogP contribution >= 0.6 is 11.3 Å². The lowest BCUT2D eigenvalue weighted by atomic mass is 10.1. The van der Waals surface area contributed by atoms with Gasteiger partial charge in [0.05, 0.1) is 22.3 Å². The highest BCUT2D eigenvalue weighted by Gasteiger charge is 2.17. The fraction of sp³-hybridized carbons (Fsp3) is 0.114. The van der Waals surface area contributed by atoms with Crippen molar-refractivity contribution in [2.24, 2.45) is 4.99 Å². The molecule has 0 aliphatic heterocycles. The van der Waals surface area contributed by atoms with Gasteiger partial charge in [-0.1, -0.05) is 97.9 Å². The van der Waals surface area contributed by atoms with E-state index in [0.29, 0.717) is 6.54 Å². The van der Waals surface area contributed by atoms with E-state index in [1.54, 1.807) is 0 Å². The van der Waals surface area contributed by atoms with Gasteiger partial charge in [-0.3, -0.25) is 4.99 Å². The molecule has 0 aliphatic carbocycles. The first kappa shape index (κ1) is 24.1. The summed E-state index contributed by atoms with van der Waals surface area (Å²) in [5.74, 6) is 0. The molecule has 6 aromatic rings. The van der Waals surface area contributed by atoms with Crippen molar-refractivity contribution in [3.05, 3.63) is 127 Å². The van der Waals surface area contributed by atoms with E-state index >= 15 is 0 Å². The molecule has 0 bridgehead atoms. The smallest absolute Gasteiger partial charge is 0.0719 e. The number of aliphatic imine (C=N–C) groups is 1. The molecule has 4 aromatic carbocycles. The maximum atomic E-state index is 4.86. The summed E-state index contributed by atoms with van der Waals surface area (Å²) < 4.78 is 5.09. The SMILES string of the molecule is C\C=C/C(=C\C=C\C(CC)=NCc1ccccc1)n1c2ccccc2c2ccc3c4ccccc4sc3c21. The molecule has 2 heterocycles. The van der Waals surface area contributed by atoms with Gasteiger partial charge in [-0.2, -0.15) is 0 Å². The maximum absolute atomic E-state index is 4.86. The molecule has 186 valence electrons. The van der Waals surface area contributed by atoms with Crippen molar-refractivity contribution in [2.45, 2.75) is 26.8 Å². The average Bonchev–Trinajstić information content (AvgIpc) is 3.51. The molecule has 0 radical (unpaired) electrons. The molecule has 0 atom stereocenters. The Kier molecular flexibility index (Phi) is 6.76. The summed E-state index contributed by atoms with van der Waals surface area (Å²) >= 11 is 1.88. The van der Waals surface area contributed by atoms with Crippen LogP contribution in [0.3, 0.4) is 0 Å². The Hall–Kier alpha value is -4.21. The quantitative estimate of drug-likeness (QED) is 0.150. The van der Waals surface area contributed by atoms with Gasteiger partial charge in [0.15, 0.2) is 0 Å². The molecular weight excluding hydrogens is 480 g/mol. The molecule has 2 aromatic heterocycles. The highest BCUT2D eigenvalue weighted by molar-refractivity contribution is 7.26. The van der Waals surface area contributed by atoms with Gasteiger partial charge in [0.25, 0.3) is 0 Å². The zero-order valence-electron chi connectivity index (χ0n) is 21.8. The van der Waals surface area contributed by atoms with Crippen molar-refractivity contribution in [1.82, 2.24) is 4.57 Å². The predicted molar refractivity (Wildman–Crippen MR) is 168 cm³/mol. The Morgan fingerprint density at radius 3 is 2.34 bits per heavy atom. The minimum absolute atomic E-state index is 0.705. The van der Waals surface area contributed by atoms with E-state index in [1.807, 2.05) is 17.4 Å². The van der Waals surface area contributed by atoms with Crippen molar-refractivity contribution in [3.8, 4) is 0 Å². The van der Waals surface area contributed by atoms with Crippen LogP contribution < -0.4 is 0 Å². The lowest BCUT2D eigenvalue weighted by molar-refractivity contribution is 1.05. The number of hydrogen-bond donors (Lipinski definition) is 0.